The minimum Gasteiger partial charge on any atom is -0.359 e. The normalized spacial score (nSPS) is 10.4. The minimum absolute atomic E-state index is 0.110. The number of carbonyl (C=O) groups is 1. The van der Waals surface area contributed by atoms with E-state index in [4.69, 9.17) is 0 Å². The smallest absolute Gasteiger partial charge is 0.251 e. The van der Waals surface area contributed by atoms with Crippen LogP contribution in [0.1, 0.15) is 27.2 Å². The Kier molecular flexibility index (Phi) is 6.10. The zero-order chi connectivity index (χ0) is 19.1. The number of carbonyl (C=O) groups excluding carboxylic acids is 1. The molecule has 0 atom stereocenters. The Morgan fingerprint density at radius 2 is 1.93 bits per heavy atom. The van der Waals surface area contributed by atoms with Gasteiger partial charge in [0.15, 0.2) is 0 Å². The number of nitrogens with one attached hydrogen (secondary N) is 1. The molecule has 0 spiro atoms. The van der Waals surface area contributed by atoms with Gasteiger partial charge in [-0.3, -0.25) is 14.8 Å². The molecule has 0 bridgehead atoms. The second-order valence-electron chi connectivity index (χ2n) is 6.35. The fourth-order valence-electron chi connectivity index (χ4n) is 2.85. The Hall–Kier alpha value is -3.28. The second kappa shape index (κ2) is 8.89. The van der Waals surface area contributed by atoms with Crippen LogP contribution in [-0.2, 0) is 13.0 Å². The van der Waals surface area contributed by atoms with Crippen LogP contribution >= 0.6 is 0 Å². The Morgan fingerprint density at radius 1 is 1.07 bits per heavy atom. The molecule has 0 fully saturated rings. The van der Waals surface area contributed by atoms with Crippen LogP contribution in [0.2, 0.25) is 0 Å². The van der Waals surface area contributed by atoms with Gasteiger partial charge in [0.2, 0.25) is 0 Å². The van der Waals surface area contributed by atoms with E-state index >= 15 is 0 Å². The van der Waals surface area contributed by atoms with Crippen LogP contribution < -0.4 is 10.2 Å². The molecule has 0 aliphatic rings. The summed E-state index contributed by atoms with van der Waals surface area (Å²) in [4.78, 5) is 27.4. The number of amides is 1. The van der Waals surface area contributed by atoms with E-state index < -0.39 is 0 Å². The molecule has 0 saturated carbocycles. The summed E-state index contributed by atoms with van der Waals surface area (Å²) in [6, 6.07) is 11.5. The molecular formula is C21H23N5O. The summed E-state index contributed by atoms with van der Waals surface area (Å²) >= 11 is 0. The molecule has 0 aromatic carbocycles. The van der Waals surface area contributed by atoms with Gasteiger partial charge in [0.05, 0.1) is 0 Å². The van der Waals surface area contributed by atoms with Crippen molar-refractivity contribution in [3.05, 3.63) is 83.6 Å². The Balaban J connectivity index is 1.65. The van der Waals surface area contributed by atoms with E-state index in [2.05, 4.69) is 25.2 Å². The highest BCUT2D eigenvalue weighted by Gasteiger charge is 2.12. The molecule has 3 rings (SSSR count). The highest BCUT2D eigenvalue weighted by atomic mass is 16.1. The molecule has 138 valence electrons. The summed E-state index contributed by atoms with van der Waals surface area (Å²) in [5.41, 5.74) is 3.51. The second-order valence-corrected chi connectivity index (χ2v) is 6.35. The molecule has 6 heteroatoms. The molecule has 0 saturated heterocycles. The first-order valence-electron chi connectivity index (χ1n) is 8.89. The molecule has 0 aliphatic carbocycles. The van der Waals surface area contributed by atoms with E-state index in [1.165, 1.54) is 0 Å². The van der Waals surface area contributed by atoms with Gasteiger partial charge in [-0.1, -0.05) is 12.1 Å². The standard InChI is InChI=1S/C21H23N5O/c1-16-14-22-12-8-19(16)21(27)25-15-17-6-5-11-24-20(17)26(2)13-9-18-7-3-4-10-23-18/h3-8,10-12,14H,9,13,15H2,1-2H3,(H,25,27). The summed E-state index contributed by atoms with van der Waals surface area (Å²) in [6.45, 7) is 3.08. The predicted octanol–water partition coefficient (Wildman–Crippen LogP) is 2.79. The lowest BCUT2D eigenvalue weighted by molar-refractivity contribution is 0.0950. The van der Waals surface area contributed by atoms with E-state index in [0.717, 1.165) is 35.6 Å². The lowest BCUT2D eigenvalue weighted by Gasteiger charge is -2.21. The van der Waals surface area contributed by atoms with Crippen molar-refractivity contribution in [2.75, 3.05) is 18.5 Å². The molecule has 3 aromatic rings. The fourth-order valence-corrected chi connectivity index (χ4v) is 2.85. The Bertz CT molecular complexity index is 898. The van der Waals surface area contributed by atoms with E-state index in [1.807, 2.05) is 44.3 Å². The summed E-state index contributed by atoms with van der Waals surface area (Å²) in [7, 11) is 2.00. The van der Waals surface area contributed by atoms with Crippen molar-refractivity contribution >= 4 is 11.7 Å². The topological polar surface area (TPSA) is 71.0 Å². The van der Waals surface area contributed by atoms with Crippen LogP contribution in [0, 0.1) is 6.92 Å². The lowest BCUT2D eigenvalue weighted by Crippen LogP contribution is -2.27. The number of aromatic nitrogens is 3. The molecule has 3 aromatic heterocycles. The predicted molar refractivity (Wildman–Crippen MR) is 106 cm³/mol. The van der Waals surface area contributed by atoms with Gasteiger partial charge in [0, 0.05) is 68.2 Å². The van der Waals surface area contributed by atoms with Gasteiger partial charge in [0.1, 0.15) is 5.82 Å². The lowest BCUT2D eigenvalue weighted by atomic mass is 10.1. The van der Waals surface area contributed by atoms with Gasteiger partial charge in [0.25, 0.3) is 5.91 Å². The van der Waals surface area contributed by atoms with Gasteiger partial charge in [-0.25, -0.2) is 4.98 Å². The van der Waals surface area contributed by atoms with Gasteiger partial charge in [-0.2, -0.15) is 0 Å². The van der Waals surface area contributed by atoms with Crippen molar-refractivity contribution in [1.29, 1.82) is 0 Å². The van der Waals surface area contributed by atoms with Crippen LogP contribution in [-0.4, -0.2) is 34.5 Å². The van der Waals surface area contributed by atoms with Crippen LogP contribution in [0.3, 0.4) is 0 Å². The number of hydrogen-bond donors (Lipinski definition) is 1. The molecule has 0 radical (unpaired) electrons. The summed E-state index contributed by atoms with van der Waals surface area (Å²) in [6.07, 6.45) is 7.72. The first kappa shape index (κ1) is 18.5. The number of aryl methyl sites for hydroxylation is 1. The Morgan fingerprint density at radius 3 is 2.70 bits per heavy atom. The third-order valence-corrected chi connectivity index (χ3v) is 4.36. The number of pyridine rings is 3. The zero-order valence-electron chi connectivity index (χ0n) is 15.6. The van der Waals surface area contributed by atoms with Crippen LogP contribution in [0.5, 0.6) is 0 Å². The van der Waals surface area contributed by atoms with Crippen LogP contribution in [0.15, 0.2) is 61.2 Å². The van der Waals surface area contributed by atoms with E-state index in [1.54, 1.807) is 30.9 Å². The maximum atomic E-state index is 12.4. The number of anilines is 1. The molecule has 27 heavy (non-hydrogen) atoms. The van der Waals surface area contributed by atoms with Crippen molar-refractivity contribution in [2.24, 2.45) is 0 Å². The van der Waals surface area contributed by atoms with E-state index in [9.17, 15) is 4.79 Å². The largest absolute Gasteiger partial charge is 0.359 e. The van der Waals surface area contributed by atoms with Crippen molar-refractivity contribution < 1.29 is 4.79 Å². The number of nitrogens with zero attached hydrogens (tertiary/aromatic N) is 4. The molecular weight excluding hydrogens is 338 g/mol. The van der Waals surface area contributed by atoms with Crippen molar-refractivity contribution in [3.8, 4) is 0 Å². The first-order valence-corrected chi connectivity index (χ1v) is 8.89. The Labute approximate surface area is 159 Å². The van der Waals surface area contributed by atoms with Crippen molar-refractivity contribution in [2.45, 2.75) is 19.9 Å². The zero-order valence-corrected chi connectivity index (χ0v) is 15.6. The summed E-state index contributed by atoms with van der Waals surface area (Å²) < 4.78 is 0. The monoisotopic (exact) mass is 361 g/mol. The van der Waals surface area contributed by atoms with Crippen molar-refractivity contribution in [3.63, 3.8) is 0 Å². The average Bonchev–Trinajstić information content (AvgIpc) is 2.71. The summed E-state index contributed by atoms with van der Waals surface area (Å²) in [5.74, 6) is 0.751. The third kappa shape index (κ3) is 4.88. The minimum atomic E-state index is -0.110. The number of hydrogen-bond acceptors (Lipinski definition) is 5. The highest BCUT2D eigenvalue weighted by molar-refractivity contribution is 5.95. The SMILES string of the molecule is Cc1cnccc1C(=O)NCc1cccnc1N(C)CCc1ccccn1. The molecule has 1 amide bonds. The molecule has 3 heterocycles. The highest BCUT2D eigenvalue weighted by Crippen LogP contribution is 2.16. The fraction of sp³-hybridized carbons (Fsp3) is 0.238. The quantitative estimate of drug-likeness (QED) is 0.701. The van der Waals surface area contributed by atoms with Gasteiger partial charge >= 0.3 is 0 Å². The third-order valence-electron chi connectivity index (χ3n) is 4.36. The molecule has 0 unspecified atom stereocenters. The van der Waals surface area contributed by atoms with Gasteiger partial charge < -0.3 is 10.2 Å². The summed E-state index contributed by atoms with van der Waals surface area (Å²) in [5, 5.41) is 2.98. The van der Waals surface area contributed by atoms with Crippen LogP contribution in [0.4, 0.5) is 5.82 Å². The van der Waals surface area contributed by atoms with E-state index in [0.29, 0.717) is 12.1 Å². The molecule has 1 N–H and O–H groups in total. The van der Waals surface area contributed by atoms with E-state index in [-0.39, 0.29) is 5.91 Å². The maximum Gasteiger partial charge on any atom is 0.251 e. The van der Waals surface area contributed by atoms with Crippen LogP contribution in [0.25, 0.3) is 0 Å². The maximum absolute atomic E-state index is 12.4. The van der Waals surface area contributed by atoms with Crippen molar-refractivity contribution in [1.82, 2.24) is 20.3 Å². The average molecular weight is 361 g/mol. The van der Waals surface area contributed by atoms with Gasteiger partial charge in [-0.05, 0) is 36.8 Å². The molecule has 0 aliphatic heterocycles. The van der Waals surface area contributed by atoms with Gasteiger partial charge in [-0.15, -0.1) is 0 Å². The molecule has 6 nitrogen and oxygen atoms in total. The first-order chi connectivity index (χ1) is 13.1. The number of likely N-dealkylation sites (N-methyl/N-ethyl adjacent to an activating group) is 1. The number of rotatable bonds is 7.